The van der Waals surface area contributed by atoms with Gasteiger partial charge in [-0.15, -0.1) is 0 Å². The maximum atomic E-state index is 15.3. The number of β-amino-alcohol motifs (C(OH)–C–C–N with tert-alkyl or cyclic N) is 1. The Labute approximate surface area is 203 Å². The Bertz CT molecular complexity index is 859. The fourth-order valence-electron chi connectivity index (χ4n) is 4.74. The Morgan fingerprint density at radius 3 is 2.65 bits per heavy atom. The lowest BCUT2D eigenvalue weighted by Gasteiger charge is -2.40. The first kappa shape index (κ1) is 26.2. The van der Waals surface area contributed by atoms with Gasteiger partial charge < -0.3 is 20.4 Å². The number of rotatable bonds is 10. The molecule has 0 bridgehead atoms. The van der Waals surface area contributed by atoms with E-state index in [0.717, 1.165) is 25.7 Å². The van der Waals surface area contributed by atoms with Crippen LogP contribution in [0, 0.1) is 17.7 Å². The summed E-state index contributed by atoms with van der Waals surface area (Å²) in [5.41, 5.74) is 4.98. The third kappa shape index (κ3) is 7.03. The third-order valence-electron chi connectivity index (χ3n) is 6.47. The van der Waals surface area contributed by atoms with Gasteiger partial charge in [0.25, 0.3) is 0 Å². The van der Waals surface area contributed by atoms with Crippen LogP contribution in [0.1, 0.15) is 39.0 Å². The number of aliphatic hydroxyl groups excluding tert-OH is 1. The molecule has 1 aliphatic heterocycles. The SMILES string of the molecule is C[C@@H]1CN(CCO)CCN1c1nc(Cl)nc(NNC(=O)[C@@H](CNC(=O)O)CC2CCCC2)c1F. The number of hydrogen-bond acceptors (Lipinski definition) is 8. The second-order valence-corrected chi connectivity index (χ2v) is 9.27. The lowest BCUT2D eigenvalue weighted by atomic mass is 9.92. The van der Waals surface area contributed by atoms with Crippen LogP contribution >= 0.6 is 11.6 Å². The number of hydrogen-bond donors (Lipinski definition) is 5. The summed E-state index contributed by atoms with van der Waals surface area (Å²) in [6.45, 7) is 4.23. The van der Waals surface area contributed by atoms with Crippen molar-refractivity contribution in [2.75, 3.05) is 49.7 Å². The first-order valence-corrected chi connectivity index (χ1v) is 12.0. The maximum Gasteiger partial charge on any atom is 0.404 e. The van der Waals surface area contributed by atoms with Crippen molar-refractivity contribution in [1.29, 1.82) is 0 Å². The fourth-order valence-corrected chi connectivity index (χ4v) is 4.90. The molecule has 0 radical (unpaired) electrons. The van der Waals surface area contributed by atoms with Crippen LogP contribution < -0.4 is 21.1 Å². The van der Waals surface area contributed by atoms with Gasteiger partial charge in [0.15, 0.2) is 11.6 Å². The van der Waals surface area contributed by atoms with Crippen LogP contribution in [0.25, 0.3) is 0 Å². The smallest absolute Gasteiger partial charge is 0.404 e. The van der Waals surface area contributed by atoms with Crippen LogP contribution in [-0.4, -0.2) is 82.5 Å². The maximum absolute atomic E-state index is 15.3. The quantitative estimate of drug-likeness (QED) is 0.239. The predicted octanol–water partition coefficient (Wildman–Crippen LogP) is 1.68. The highest BCUT2D eigenvalue weighted by molar-refractivity contribution is 6.28. The van der Waals surface area contributed by atoms with Crippen LogP contribution in [0.15, 0.2) is 0 Å². The Balaban J connectivity index is 1.67. The summed E-state index contributed by atoms with van der Waals surface area (Å²) >= 11 is 6.06. The average Bonchev–Trinajstić information content (AvgIpc) is 3.30. The Hall–Kier alpha value is -2.44. The summed E-state index contributed by atoms with van der Waals surface area (Å²) in [7, 11) is 0. The number of aromatic nitrogens is 2. The van der Waals surface area contributed by atoms with Crippen LogP contribution in [0.2, 0.25) is 5.28 Å². The number of amides is 2. The molecule has 13 heteroatoms. The Morgan fingerprint density at radius 2 is 2.00 bits per heavy atom. The molecule has 3 rings (SSSR count). The van der Waals surface area contributed by atoms with E-state index in [1.165, 1.54) is 0 Å². The molecule has 2 heterocycles. The van der Waals surface area contributed by atoms with E-state index in [1.54, 1.807) is 4.90 Å². The Kier molecular flexibility index (Phi) is 9.48. The molecule has 0 unspecified atom stereocenters. The van der Waals surface area contributed by atoms with Crippen molar-refractivity contribution in [1.82, 2.24) is 25.6 Å². The van der Waals surface area contributed by atoms with Gasteiger partial charge in [-0.2, -0.15) is 14.4 Å². The van der Waals surface area contributed by atoms with Gasteiger partial charge in [0, 0.05) is 38.8 Å². The molecule has 1 aromatic heterocycles. The minimum Gasteiger partial charge on any atom is -0.465 e. The van der Waals surface area contributed by atoms with E-state index in [9.17, 15) is 9.59 Å². The van der Waals surface area contributed by atoms with E-state index in [-0.39, 0.29) is 36.1 Å². The predicted molar refractivity (Wildman–Crippen MR) is 125 cm³/mol. The van der Waals surface area contributed by atoms with Crippen molar-refractivity contribution in [2.24, 2.45) is 11.8 Å². The molecule has 190 valence electrons. The number of piperazine rings is 1. The van der Waals surface area contributed by atoms with E-state index >= 15 is 4.39 Å². The third-order valence-corrected chi connectivity index (χ3v) is 6.64. The van der Waals surface area contributed by atoms with Gasteiger partial charge in [0.1, 0.15) is 0 Å². The fraction of sp³-hybridized carbons (Fsp3) is 0.714. The highest BCUT2D eigenvalue weighted by Crippen LogP contribution is 2.31. The monoisotopic (exact) mass is 501 g/mol. The van der Waals surface area contributed by atoms with Crippen LogP contribution in [0.4, 0.5) is 20.8 Å². The number of hydrazine groups is 1. The van der Waals surface area contributed by atoms with E-state index in [0.29, 0.717) is 38.5 Å². The molecule has 0 spiro atoms. The number of nitrogens with zero attached hydrogens (tertiary/aromatic N) is 4. The van der Waals surface area contributed by atoms with Gasteiger partial charge in [0.05, 0.1) is 12.5 Å². The highest BCUT2D eigenvalue weighted by atomic mass is 35.5. The number of carbonyl (C=O) groups excluding carboxylic acids is 1. The second-order valence-electron chi connectivity index (χ2n) is 8.93. The first-order chi connectivity index (χ1) is 16.3. The molecule has 11 nitrogen and oxygen atoms in total. The van der Waals surface area contributed by atoms with E-state index in [1.807, 2.05) is 6.92 Å². The van der Waals surface area contributed by atoms with Crippen molar-refractivity contribution < 1.29 is 24.2 Å². The molecule has 2 amide bonds. The zero-order valence-electron chi connectivity index (χ0n) is 19.3. The van der Waals surface area contributed by atoms with E-state index < -0.39 is 23.7 Å². The lowest BCUT2D eigenvalue weighted by molar-refractivity contribution is -0.124. The topological polar surface area (TPSA) is 143 Å². The summed E-state index contributed by atoms with van der Waals surface area (Å²) in [5.74, 6) is -1.69. The largest absolute Gasteiger partial charge is 0.465 e. The summed E-state index contributed by atoms with van der Waals surface area (Å²) < 4.78 is 15.3. The van der Waals surface area contributed by atoms with Crippen LogP contribution in [0.5, 0.6) is 0 Å². The average molecular weight is 502 g/mol. The normalized spacial score (nSPS) is 20.2. The minimum absolute atomic E-state index is 0.0305. The molecular formula is C21H33ClFN7O4. The van der Waals surface area contributed by atoms with Crippen molar-refractivity contribution in [3.05, 3.63) is 11.1 Å². The molecule has 1 saturated carbocycles. The van der Waals surface area contributed by atoms with Gasteiger partial charge in [0.2, 0.25) is 17.0 Å². The van der Waals surface area contributed by atoms with E-state index in [4.69, 9.17) is 21.8 Å². The number of carboxylic acid groups (broad SMARTS) is 1. The van der Waals surface area contributed by atoms with Crippen molar-refractivity contribution in [3.8, 4) is 0 Å². The van der Waals surface area contributed by atoms with Gasteiger partial charge >= 0.3 is 6.09 Å². The summed E-state index contributed by atoms with van der Waals surface area (Å²) in [4.78, 5) is 35.6. The Morgan fingerprint density at radius 1 is 1.26 bits per heavy atom. The highest BCUT2D eigenvalue weighted by Gasteiger charge is 2.30. The number of nitrogens with one attached hydrogen (secondary N) is 3. The molecule has 2 atom stereocenters. The summed E-state index contributed by atoms with van der Waals surface area (Å²) in [6.07, 6.45) is 3.56. The summed E-state index contributed by atoms with van der Waals surface area (Å²) in [5, 5.41) is 20.2. The molecule has 0 aromatic carbocycles. The molecule has 2 aliphatic rings. The van der Waals surface area contributed by atoms with E-state index in [2.05, 4.69) is 31.0 Å². The molecule has 5 N–H and O–H groups in total. The minimum atomic E-state index is -1.20. The second kappa shape index (κ2) is 12.3. The number of halogens is 2. The number of carbonyl (C=O) groups is 2. The standard InChI is InChI=1S/C21H33ClFN7O4/c1-13-12-29(8-9-31)6-7-30(13)18-16(23)17(25-20(22)26-18)27-28-19(32)15(11-24-21(33)34)10-14-4-2-3-5-14/h13-15,24,31H,2-12H2,1H3,(H,28,32)(H,33,34)(H,25,26,27)/t13-,15-/m1/s1. The first-order valence-electron chi connectivity index (χ1n) is 11.6. The molecular weight excluding hydrogens is 469 g/mol. The zero-order chi connectivity index (χ0) is 24.7. The van der Waals surface area contributed by atoms with Gasteiger partial charge in [-0.05, 0) is 30.9 Å². The van der Waals surface area contributed by atoms with Crippen molar-refractivity contribution >= 4 is 35.2 Å². The van der Waals surface area contributed by atoms with Gasteiger partial charge in [-0.25, -0.2) is 4.79 Å². The lowest BCUT2D eigenvalue weighted by Crippen LogP contribution is -2.53. The van der Waals surface area contributed by atoms with Gasteiger partial charge in [-0.1, -0.05) is 25.7 Å². The molecule has 34 heavy (non-hydrogen) atoms. The number of aliphatic hydroxyl groups is 1. The van der Waals surface area contributed by atoms with Crippen LogP contribution in [-0.2, 0) is 4.79 Å². The van der Waals surface area contributed by atoms with Crippen molar-refractivity contribution in [2.45, 2.75) is 45.1 Å². The molecule has 1 aliphatic carbocycles. The van der Waals surface area contributed by atoms with Crippen LogP contribution in [0.3, 0.4) is 0 Å². The molecule has 1 aromatic rings. The van der Waals surface area contributed by atoms with Gasteiger partial charge in [-0.3, -0.25) is 20.5 Å². The summed E-state index contributed by atoms with van der Waals surface area (Å²) in [6, 6.07) is -0.0823. The van der Waals surface area contributed by atoms with Crippen molar-refractivity contribution in [3.63, 3.8) is 0 Å². The zero-order valence-corrected chi connectivity index (χ0v) is 20.0. The molecule has 1 saturated heterocycles. The number of anilines is 2. The molecule has 2 fully saturated rings.